The molecular formula is C20H17Cl2NO4. The van der Waals surface area contributed by atoms with Crippen molar-refractivity contribution in [2.45, 2.75) is 19.9 Å². The Morgan fingerprint density at radius 3 is 2.70 bits per heavy atom. The van der Waals surface area contributed by atoms with Crippen molar-refractivity contribution >= 4 is 40.1 Å². The fourth-order valence-electron chi connectivity index (χ4n) is 2.76. The lowest BCUT2D eigenvalue weighted by atomic mass is 10.1. The van der Waals surface area contributed by atoms with Gasteiger partial charge in [0.2, 0.25) is 0 Å². The molecule has 1 amide bonds. The van der Waals surface area contributed by atoms with Crippen molar-refractivity contribution in [3.05, 3.63) is 74.1 Å². The molecule has 0 saturated heterocycles. The summed E-state index contributed by atoms with van der Waals surface area (Å²) in [5.41, 5.74) is 1.57. The average Bonchev–Trinajstić information content (AvgIpc) is 2.59. The van der Waals surface area contributed by atoms with Crippen LogP contribution in [0.4, 0.5) is 0 Å². The zero-order chi connectivity index (χ0) is 19.6. The molecule has 0 aliphatic carbocycles. The van der Waals surface area contributed by atoms with Crippen LogP contribution in [0, 0.1) is 6.92 Å². The summed E-state index contributed by atoms with van der Waals surface area (Å²) in [6.45, 7) is 3.47. The van der Waals surface area contributed by atoms with E-state index in [4.69, 9.17) is 32.4 Å². The number of carbonyl (C=O) groups is 1. The largest absolute Gasteiger partial charge is 0.484 e. The maximum absolute atomic E-state index is 12.2. The Morgan fingerprint density at radius 2 is 1.96 bits per heavy atom. The van der Waals surface area contributed by atoms with Gasteiger partial charge >= 0.3 is 5.63 Å². The van der Waals surface area contributed by atoms with Crippen LogP contribution in [0.1, 0.15) is 24.1 Å². The number of hydrogen-bond acceptors (Lipinski definition) is 4. The molecule has 27 heavy (non-hydrogen) atoms. The van der Waals surface area contributed by atoms with E-state index in [0.717, 1.165) is 16.5 Å². The van der Waals surface area contributed by atoms with Crippen molar-refractivity contribution < 1.29 is 13.9 Å². The van der Waals surface area contributed by atoms with E-state index in [9.17, 15) is 9.59 Å². The predicted molar refractivity (Wildman–Crippen MR) is 106 cm³/mol. The summed E-state index contributed by atoms with van der Waals surface area (Å²) in [6, 6.07) is 11.3. The van der Waals surface area contributed by atoms with Gasteiger partial charge in [0.05, 0.1) is 6.04 Å². The van der Waals surface area contributed by atoms with Crippen LogP contribution in [-0.2, 0) is 4.79 Å². The Hall–Kier alpha value is -2.50. The zero-order valence-corrected chi connectivity index (χ0v) is 16.2. The van der Waals surface area contributed by atoms with Crippen LogP contribution >= 0.6 is 23.2 Å². The molecule has 7 heteroatoms. The second-order valence-corrected chi connectivity index (χ2v) is 6.99. The molecular weight excluding hydrogens is 389 g/mol. The summed E-state index contributed by atoms with van der Waals surface area (Å²) in [5, 5.41) is 4.65. The molecule has 140 valence electrons. The van der Waals surface area contributed by atoms with Gasteiger partial charge in [-0.05, 0) is 49.2 Å². The Morgan fingerprint density at radius 1 is 1.19 bits per heavy atom. The molecule has 0 saturated carbocycles. The van der Waals surface area contributed by atoms with Crippen LogP contribution in [0.15, 0.2) is 51.7 Å². The third kappa shape index (κ3) is 4.62. The second kappa shape index (κ2) is 8.03. The molecule has 1 N–H and O–H groups in total. The van der Waals surface area contributed by atoms with Gasteiger partial charge in [0.15, 0.2) is 6.61 Å². The number of carbonyl (C=O) groups excluding carboxylic acids is 1. The van der Waals surface area contributed by atoms with E-state index in [0.29, 0.717) is 21.4 Å². The van der Waals surface area contributed by atoms with Gasteiger partial charge in [0, 0.05) is 27.6 Å². The van der Waals surface area contributed by atoms with Crippen molar-refractivity contribution in [2.24, 2.45) is 0 Å². The van der Waals surface area contributed by atoms with Crippen molar-refractivity contribution in [1.82, 2.24) is 5.32 Å². The minimum atomic E-state index is -0.427. The molecule has 0 spiro atoms. The molecule has 0 radical (unpaired) electrons. The number of rotatable bonds is 5. The van der Waals surface area contributed by atoms with Gasteiger partial charge < -0.3 is 14.5 Å². The van der Waals surface area contributed by atoms with E-state index in [-0.39, 0.29) is 18.6 Å². The summed E-state index contributed by atoms with van der Waals surface area (Å²) in [5.74, 6) is 0.128. The van der Waals surface area contributed by atoms with Crippen LogP contribution in [0.5, 0.6) is 5.75 Å². The van der Waals surface area contributed by atoms with E-state index in [2.05, 4.69) is 5.32 Å². The molecule has 1 unspecified atom stereocenters. The van der Waals surface area contributed by atoms with Crippen LogP contribution in [0.2, 0.25) is 10.0 Å². The van der Waals surface area contributed by atoms with Crippen LogP contribution in [0.3, 0.4) is 0 Å². The first-order valence-electron chi connectivity index (χ1n) is 8.25. The normalized spacial score (nSPS) is 12.0. The molecule has 0 aliphatic heterocycles. The Labute approximate surface area is 165 Å². The highest BCUT2D eigenvalue weighted by Gasteiger charge is 2.14. The third-order valence-corrected chi connectivity index (χ3v) is 4.66. The highest BCUT2D eigenvalue weighted by molar-refractivity contribution is 6.35. The molecule has 3 rings (SSSR count). The van der Waals surface area contributed by atoms with E-state index < -0.39 is 5.63 Å². The lowest BCUT2D eigenvalue weighted by Crippen LogP contribution is -2.31. The molecule has 1 aromatic heterocycles. The van der Waals surface area contributed by atoms with Crippen LogP contribution < -0.4 is 15.7 Å². The van der Waals surface area contributed by atoms with Gasteiger partial charge in [-0.3, -0.25) is 4.79 Å². The SMILES string of the molecule is Cc1cc(=O)oc2cc(OCC(=O)NC(C)c3ccc(Cl)cc3Cl)ccc12. The van der Waals surface area contributed by atoms with Crippen molar-refractivity contribution in [1.29, 1.82) is 0 Å². The van der Waals surface area contributed by atoms with Gasteiger partial charge in [-0.1, -0.05) is 29.3 Å². The van der Waals surface area contributed by atoms with Crippen LogP contribution in [-0.4, -0.2) is 12.5 Å². The standard InChI is InChI=1S/C20H17Cl2NO4/c1-11-7-20(25)27-18-9-14(4-6-15(11)18)26-10-19(24)23-12(2)16-5-3-13(21)8-17(16)22/h3-9,12H,10H2,1-2H3,(H,23,24). The molecule has 0 aliphatic rings. The monoisotopic (exact) mass is 405 g/mol. The van der Waals surface area contributed by atoms with Crippen molar-refractivity contribution in [3.63, 3.8) is 0 Å². The van der Waals surface area contributed by atoms with Gasteiger partial charge in [-0.25, -0.2) is 4.79 Å². The number of halogens is 2. The Balaban J connectivity index is 1.65. The molecule has 1 heterocycles. The quantitative estimate of drug-likeness (QED) is 0.626. The van der Waals surface area contributed by atoms with E-state index in [1.165, 1.54) is 6.07 Å². The number of fused-ring (bicyclic) bond motifs is 1. The first-order valence-corrected chi connectivity index (χ1v) is 9.00. The number of amides is 1. The van der Waals surface area contributed by atoms with Gasteiger partial charge in [-0.2, -0.15) is 0 Å². The fourth-order valence-corrected chi connectivity index (χ4v) is 3.33. The summed E-state index contributed by atoms with van der Waals surface area (Å²) in [7, 11) is 0. The summed E-state index contributed by atoms with van der Waals surface area (Å²) >= 11 is 12.0. The summed E-state index contributed by atoms with van der Waals surface area (Å²) in [4.78, 5) is 23.7. The highest BCUT2D eigenvalue weighted by atomic mass is 35.5. The number of ether oxygens (including phenoxy) is 1. The maximum atomic E-state index is 12.2. The maximum Gasteiger partial charge on any atom is 0.336 e. The summed E-state index contributed by atoms with van der Waals surface area (Å²) in [6.07, 6.45) is 0. The minimum absolute atomic E-state index is 0.183. The van der Waals surface area contributed by atoms with Crippen molar-refractivity contribution in [3.8, 4) is 5.75 Å². The Kier molecular flexibility index (Phi) is 5.73. The van der Waals surface area contributed by atoms with Gasteiger partial charge in [0.25, 0.3) is 5.91 Å². The number of nitrogens with one attached hydrogen (secondary N) is 1. The van der Waals surface area contributed by atoms with Crippen molar-refractivity contribution in [2.75, 3.05) is 6.61 Å². The predicted octanol–water partition coefficient (Wildman–Crippen LogP) is 4.66. The topological polar surface area (TPSA) is 68.5 Å². The minimum Gasteiger partial charge on any atom is -0.484 e. The summed E-state index contributed by atoms with van der Waals surface area (Å²) < 4.78 is 10.7. The van der Waals surface area contributed by atoms with E-state index >= 15 is 0 Å². The Bertz CT molecular complexity index is 1060. The first-order chi connectivity index (χ1) is 12.8. The van der Waals surface area contributed by atoms with Gasteiger partial charge in [-0.15, -0.1) is 0 Å². The fraction of sp³-hybridized carbons (Fsp3) is 0.200. The number of hydrogen-bond donors (Lipinski definition) is 1. The first kappa shape index (κ1) is 19.3. The van der Waals surface area contributed by atoms with E-state index in [1.54, 1.807) is 36.4 Å². The van der Waals surface area contributed by atoms with E-state index in [1.807, 2.05) is 13.8 Å². The molecule has 2 aromatic carbocycles. The smallest absolute Gasteiger partial charge is 0.336 e. The zero-order valence-electron chi connectivity index (χ0n) is 14.7. The average molecular weight is 406 g/mol. The number of benzene rings is 2. The lowest BCUT2D eigenvalue weighted by molar-refractivity contribution is -0.123. The second-order valence-electron chi connectivity index (χ2n) is 6.15. The molecule has 0 bridgehead atoms. The molecule has 5 nitrogen and oxygen atoms in total. The van der Waals surface area contributed by atoms with Crippen LogP contribution in [0.25, 0.3) is 11.0 Å². The molecule has 3 aromatic rings. The lowest BCUT2D eigenvalue weighted by Gasteiger charge is -2.16. The third-order valence-electron chi connectivity index (χ3n) is 4.10. The number of aryl methyl sites for hydroxylation is 1. The molecule has 1 atom stereocenters. The van der Waals surface area contributed by atoms with Gasteiger partial charge in [0.1, 0.15) is 11.3 Å². The highest BCUT2D eigenvalue weighted by Crippen LogP contribution is 2.26. The molecule has 0 fully saturated rings.